The topological polar surface area (TPSA) is 20.2 Å². The van der Waals surface area contributed by atoms with E-state index in [1.807, 2.05) is 0 Å². The van der Waals surface area contributed by atoms with Crippen LogP contribution in [0.2, 0.25) is 0 Å². The van der Waals surface area contributed by atoms with Gasteiger partial charge in [-0.3, -0.25) is 0 Å². The monoisotopic (exact) mass is 212 g/mol. The molecule has 0 radical (unpaired) electrons. The molecule has 1 heteroatoms. The lowest BCUT2D eigenvalue weighted by molar-refractivity contribution is -0.0327. The van der Waals surface area contributed by atoms with Crippen molar-refractivity contribution in [3.8, 4) is 0 Å². The maximum atomic E-state index is 10.5. The fourth-order valence-electron chi connectivity index (χ4n) is 2.94. The van der Waals surface area contributed by atoms with E-state index in [-0.39, 0.29) is 0 Å². The number of hydrogen-bond acceptors (Lipinski definition) is 1. The van der Waals surface area contributed by atoms with Gasteiger partial charge >= 0.3 is 0 Å². The summed E-state index contributed by atoms with van der Waals surface area (Å²) in [6.07, 6.45) is 9.85. The average Bonchev–Trinajstić information content (AvgIpc) is 2.18. The molecule has 0 aromatic heterocycles. The molecule has 0 aromatic rings. The SMILES string of the molecule is CCCCCC(C)(O)C1CCCC(C)C1. The molecule has 15 heavy (non-hydrogen) atoms. The predicted octanol–water partition coefficient (Wildman–Crippen LogP) is 4.14. The van der Waals surface area contributed by atoms with Crippen LogP contribution in [0.4, 0.5) is 0 Å². The van der Waals surface area contributed by atoms with Gasteiger partial charge in [-0.05, 0) is 38.0 Å². The third-order valence-electron chi connectivity index (χ3n) is 4.10. The van der Waals surface area contributed by atoms with E-state index in [1.54, 1.807) is 0 Å². The van der Waals surface area contributed by atoms with Gasteiger partial charge < -0.3 is 5.11 Å². The lowest BCUT2D eigenvalue weighted by atomic mass is 9.72. The molecule has 0 saturated heterocycles. The van der Waals surface area contributed by atoms with Crippen molar-refractivity contribution in [3.63, 3.8) is 0 Å². The molecule has 1 nitrogen and oxygen atoms in total. The molecule has 0 spiro atoms. The van der Waals surface area contributed by atoms with Crippen LogP contribution in [0.25, 0.3) is 0 Å². The highest BCUT2D eigenvalue weighted by Crippen LogP contribution is 2.37. The van der Waals surface area contributed by atoms with E-state index < -0.39 is 5.60 Å². The second-order valence-electron chi connectivity index (χ2n) is 5.78. The molecule has 1 saturated carbocycles. The quantitative estimate of drug-likeness (QED) is 0.679. The highest BCUT2D eigenvalue weighted by atomic mass is 16.3. The van der Waals surface area contributed by atoms with Gasteiger partial charge in [-0.15, -0.1) is 0 Å². The summed E-state index contributed by atoms with van der Waals surface area (Å²) in [7, 11) is 0. The average molecular weight is 212 g/mol. The fourth-order valence-corrected chi connectivity index (χ4v) is 2.94. The number of hydrogen-bond donors (Lipinski definition) is 1. The number of unbranched alkanes of at least 4 members (excludes halogenated alkanes) is 2. The largest absolute Gasteiger partial charge is 0.390 e. The first-order chi connectivity index (χ1) is 7.06. The standard InChI is InChI=1S/C14H28O/c1-4-5-6-10-14(3,15)13-9-7-8-12(2)11-13/h12-13,15H,4-11H2,1-3H3. The van der Waals surface area contributed by atoms with Crippen molar-refractivity contribution in [2.45, 2.75) is 77.7 Å². The Balaban J connectivity index is 2.37. The van der Waals surface area contributed by atoms with Gasteiger partial charge in [-0.25, -0.2) is 0 Å². The summed E-state index contributed by atoms with van der Waals surface area (Å²) < 4.78 is 0. The molecule has 1 rings (SSSR count). The van der Waals surface area contributed by atoms with Crippen molar-refractivity contribution in [2.24, 2.45) is 11.8 Å². The van der Waals surface area contributed by atoms with Gasteiger partial charge in [0.2, 0.25) is 0 Å². The molecule has 0 heterocycles. The first kappa shape index (κ1) is 13.0. The summed E-state index contributed by atoms with van der Waals surface area (Å²) in [6, 6.07) is 0. The summed E-state index contributed by atoms with van der Waals surface area (Å²) in [6.45, 7) is 6.61. The Kier molecular flexibility index (Phi) is 5.11. The molecule has 3 unspecified atom stereocenters. The van der Waals surface area contributed by atoms with Gasteiger partial charge in [0.05, 0.1) is 5.60 Å². The Bertz CT molecular complexity index is 174. The Morgan fingerprint density at radius 1 is 1.27 bits per heavy atom. The summed E-state index contributed by atoms with van der Waals surface area (Å²) in [4.78, 5) is 0. The predicted molar refractivity (Wildman–Crippen MR) is 65.9 cm³/mol. The second kappa shape index (κ2) is 5.89. The van der Waals surface area contributed by atoms with E-state index in [0.717, 1.165) is 12.3 Å². The molecular weight excluding hydrogens is 184 g/mol. The van der Waals surface area contributed by atoms with Crippen molar-refractivity contribution in [3.05, 3.63) is 0 Å². The lowest BCUT2D eigenvalue weighted by Crippen LogP contribution is -2.37. The fraction of sp³-hybridized carbons (Fsp3) is 1.00. The molecular formula is C14H28O. The minimum Gasteiger partial charge on any atom is -0.390 e. The van der Waals surface area contributed by atoms with Gasteiger partial charge in [-0.2, -0.15) is 0 Å². The molecule has 90 valence electrons. The zero-order valence-corrected chi connectivity index (χ0v) is 10.8. The first-order valence-corrected chi connectivity index (χ1v) is 6.78. The summed E-state index contributed by atoms with van der Waals surface area (Å²) in [5, 5.41) is 10.5. The van der Waals surface area contributed by atoms with Gasteiger partial charge in [0.25, 0.3) is 0 Å². The maximum absolute atomic E-state index is 10.5. The second-order valence-corrected chi connectivity index (χ2v) is 5.78. The zero-order valence-electron chi connectivity index (χ0n) is 10.8. The smallest absolute Gasteiger partial charge is 0.0647 e. The van der Waals surface area contributed by atoms with Crippen LogP contribution in [-0.2, 0) is 0 Å². The van der Waals surface area contributed by atoms with Crippen LogP contribution in [-0.4, -0.2) is 10.7 Å². The molecule has 1 aliphatic carbocycles. The van der Waals surface area contributed by atoms with E-state index in [2.05, 4.69) is 20.8 Å². The van der Waals surface area contributed by atoms with Crippen LogP contribution in [0, 0.1) is 11.8 Å². The third kappa shape index (κ3) is 4.14. The Hall–Kier alpha value is -0.0400. The molecule has 0 aromatic carbocycles. The minimum absolute atomic E-state index is 0.399. The van der Waals surface area contributed by atoms with Crippen molar-refractivity contribution in [1.29, 1.82) is 0 Å². The Morgan fingerprint density at radius 3 is 2.60 bits per heavy atom. The van der Waals surface area contributed by atoms with Gasteiger partial charge in [-0.1, -0.05) is 46.0 Å². The summed E-state index contributed by atoms with van der Waals surface area (Å²) >= 11 is 0. The molecule has 0 bridgehead atoms. The zero-order chi connectivity index (χ0) is 11.3. The Labute approximate surface area is 95.3 Å². The van der Waals surface area contributed by atoms with Crippen LogP contribution in [0.5, 0.6) is 0 Å². The van der Waals surface area contributed by atoms with Crippen LogP contribution in [0.1, 0.15) is 72.1 Å². The van der Waals surface area contributed by atoms with Crippen LogP contribution in [0.3, 0.4) is 0 Å². The van der Waals surface area contributed by atoms with Crippen molar-refractivity contribution >= 4 is 0 Å². The molecule has 0 amide bonds. The number of aliphatic hydroxyl groups is 1. The molecule has 1 fully saturated rings. The van der Waals surface area contributed by atoms with Crippen molar-refractivity contribution < 1.29 is 5.11 Å². The van der Waals surface area contributed by atoms with Crippen LogP contribution in [0.15, 0.2) is 0 Å². The van der Waals surface area contributed by atoms with Crippen molar-refractivity contribution in [1.82, 2.24) is 0 Å². The van der Waals surface area contributed by atoms with Crippen LogP contribution < -0.4 is 0 Å². The van der Waals surface area contributed by atoms with Crippen molar-refractivity contribution in [2.75, 3.05) is 0 Å². The van der Waals surface area contributed by atoms with Gasteiger partial charge in [0.1, 0.15) is 0 Å². The van der Waals surface area contributed by atoms with E-state index in [1.165, 1.54) is 44.9 Å². The minimum atomic E-state index is -0.399. The molecule has 0 aliphatic heterocycles. The summed E-state index contributed by atoms with van der Waals surface area (Å²) in [5.41, 5.74) is -0.399. The van der Waals surface area contributed by atoms with Crippen LogP contribution >= 0.6 is 0 Å². The highest BCUT2D eigenvalue weighted by Gasteiger charge is 2.33. The first-order valence-electron chi connectivity index (χ1n) is 6.78. The van der Waals surface area contributed by atoms with Gasteiger partial charge in [0, 0.05) is 0 Å². The number of rotatable bonds is 5. The van der Waals surface area contributed by atoms with Gasteiger partial charge in [0.15, 0.2) is 0 Å². The normalized spacial score (nSPS) is 31.2. The highest BCUT2D eigenvalue weighted by molar-refractivity contribution is 4.85. The Morgan fingerprint density at radius 2 is 2.00 bits per heavy atom. The lowest BCUT2D eigenvalue weighted by Gasteiger charge is -2.38. The third-order valence-corrected chi connectivity index (χ3v) is 4.10. The maximum Gasteiger partial charge on any atom is 0.0647 e. The molecule has 1 aliphatic rings. The summed E-state index contributed by atoms with van der Waals surface area (Å²) in [5.74, 6) is 1.37. The van der Waals surface area contributed by atoms with E-state index >= 15 is 0 Å². The van der Waals surface area contributed by atoms with E-state index in [9.17, 15) is 5.11 Å². The van der Waals surface area contributed by atoms with E-state index in [4.69, 9.17) is 0 Å². The van der Waals surface area contributed by atoms with E-state index in [0.29, 0.717) is 5.92 Å². The molecule has 3 atom stereocenters. The molecule has 1 N–H and O–H groups in total.